The van der Waals surface area contributed by atoms with Gasteiger partial charge in [0, 0.05) is 5.41 Å². The van der Waals surface area contributed by atoms with Gasteiger partial charge in [0.1, 0.15) is 0 Å². The molecular weight excluding hydrogens is 212 g/mol. The van der Waals surface area contributed by atoms with Crippen LogP contribution in [0.4, 0.5) is 0 Å². The van der Waals surface area contributed by atoms with Crippen molar-refractivity contribution in [3.05, 3.63) is 11.5 Å². The minimum atomic E-state index is -3.26. The predicted octanol–water partition coefficient (Wildman–Crippen LogP) is 2.26. The Morgan fingerprint density at radius 3 is 2.27 bits per heavy atom. The third kappa shape index (κ3) is 5.33. The fourth-order valence-corrected chi connectivity index (χ4v) is 1.70. The standard InChI is InChI=1S/C11H22O3S/c1-5-6-7-10(12)8-9-15(13,14)11(2,3)4/h8-10,12H,5-7H2,1-4H3/b9-8+/t10-/m1/s1. The van der Waals surface area contributed by atoms with Crippen molar-refractivity contribution >= 4 is 9.84 Å². The van der Waals surface area contributed by atoms with Crippen LogP contribution >= 0.6 is 0 Å². The second-order valence-electron chi connectivity index (χ2n) is 4.70. The molecule has 4 heteroatoms. The number of aliphatic hydroxyl groups is 1. The maximum absolute atomic E-state index is 11.6. The van der Waals surface area contributed by atoms with Crippen LogP contribution in [0.15, 0.2) is 11.5 Å². The summed E-state index contributed by atoms with van der Waals surface area (Å²) in [5.41, 5.74) is 0. The van der Waals surface area contributed by atoms with Crippen LogP contribution in [-0.4, -0.2) is 24.4 Å². The highest BCUT2D eigenvalue weighted by Crippen LogP contribution is 2.17. The summed E-state index contributed by atoms with van der Waals surface area (Å²) in [4.78, 5) is 0. The van der Waals surface area contributed by atoms with E-state index >= 15 is 0 Å². The summed E-state index contributed by atoms with van der Waals surface area (Å²) in [6.07, 6.45) is 3.24. The molecule has 90 valence electrons. The van der Waals surface area contributed by atoms with E-state index in [4.69, 9.17) is 0 Å². The first-order valence-corrected chi connectivity index (χ1v) is 6.86. The molecule has 0 aliphatic rings. The van der Waals surface area contributed by atoms with Gasteiger partial charge in [0.2, 0.25) is 0 Å². The third-order valence-electron chi connectivity index (χ3n) is 2.19. The van der Waals surface area contributed by atoms with Crippen LogP contribution in [0.25, 0.3) is 0 Å². The summed E-state index contributed by atoms with van der Waals surface area (Å²) < 4.78 is 22.5. The van der Waals surface area contributed by atoms with Crippen molar-refractivity contribution in [3.63, 3.8) is 0 Å². The Kier molecular flexibility index (Phi) is 5.53. The molecule has 15 heavy (non-hydrogen) atoms. The highest BCUT2D eigenvalue weighted by Gasteiger charge is 2.26. The lowest BCUT2D eigenvalue weighted by atomic mass is 10.2. The van der Waals surface area contributed by atoms with Crippen LogP contribution in [0.1, 0.15) is 47.0 Å². The first kappa shape index (κ1) is 14.6. The quantitative estimate of drug-likeness (QED) is 0.794. The van der Waals surface area contributed by atoms with Crippen LogP contribution in [0, 0.1) is 0 Å². The van der Waals surface area contributed by atoms with Gasteiger partial charge in [0.05, 0.1) is 10.9 Å². The Labute approximate surface area is 93.1 Å². The number of hydrogen-bond donors (Lipinski definition) is 1. The summed E-state index contributed by atoms with van der Waals surface area (Å²) in [5, 5.41) is 10.6. The molecule has 0 rings (SSSR count). The summed E-state index contributed by atoms with van der Waals surface area (Å²) in [5.74, 6) is 0. The predicted molar refractivity (Wildman–Crippen MR) is 63.3 cm³/mol. The molecule has 0 bridgehead atoms. The Balaban J connectivity index is 4.41. The van der Waals surface area contributed by atoms with Gasteiger partial charge in [-0.2, -0.15) is 0 Å². The van der Waals surface area contributed by atoms with Gasteiger partial charge >= 0.3 is 0 Å². The van der Waals surface area contributed by atoms with Crippen LogP contribution in [-0.2, 0) is 9.84 Å². The third-order valence-corrected chi connectivity index (χ3v) is 4.41. The molecule has 1 N–H and O–H groups in total. The molecular formula is C11H22O3S. The summed E-state index contributed by atoms with van der Waals surface area (Å²) in [6.45, 7) is 6.96. The number of hydrogen-bond acceptors (Lipinski definition) is 3. The number of sulfone groups is 1. The molecule has 0 unspecified atom stereocenters. The molecule has 0 saturated carbocycles. The Morgan fingerprint density at radius 1 is 1.33 bits per heavy atom. The highest BCUT2D eigenvalue weighted by molar-refractivity contribution is 7.95. The number of rotatable bonds is 5. The number of aliphatic hydroxyl groups excluding tert-OH is 1. The molecule has 0 radical (unpaired) electrons. The molecule has 0 aromatic heterocycles. The molecule has 0 heterocycles. The van der Waals surface area contributed by atoms with E-state index in [1.807, 2.05) is 6.92 Å². The fraction of sp³-hybridized carbons (Fsp3) is 0.818. The molecule has 0 aliphatic carbocycles. The molecule has 0 fully saturated rings. The Bertz CT molecular complexity index is 296. The van der Waals surface area contributed by atoms with Crippen molar-refractivity contribution in [2.45, 2.75) is 57.8 Å². The molecule has 0 aromatic rings. The largest absolute Gasteiger partial charge is 0.389 e. The smallest absolute Gasteiger partial charge is 0.176 e. The second-order valence-corrected chi connectivity index (χ2v) is 7.28. The van der Waals surface area contributed by atoms with Gasteiger partial charge in [-0.3, -0.25) is 0 Å². The SMILES string of the molecule is CCCC[C@@H](O)/C=C/S(=O)(=O)C(C)(C)C. The average Bonchev–Trinajstić information content (AvgIpc) is 2.09. The topological polar surface area (TPSA) is 54.4 Å². The maximum Gasteiger partial charge on any atom is 0.176 e. The van der Waals surface area contributed by atoms with Gasteiger partial charge in [-0.25, -0.2) is 8.42 Å². The lowest BCUT2D eigenvalue weighted by Crippen LogP contribution is -2.25. The van der Waals surface area contributed by atoms with Crippen molar-refractivity contribution in [3.8, 4) is 0 Å². The van der Waals surface area contributed by atoms with Crippen molar-refractivity contribution in [1.82, 2.24) is 0 Å². The lowest BCUT2D eigenvalue weighted by Gasteiger charge is -2.16. The second kappa shape index (κ2) is 5.66. The average molecular weight is 234 g/mol. The zero-order valence-electron chi connectivity index (χ0n) is 10.0. The molecule has 0 saturated heterocycles. The van der Waals surface area contributed by atoms with Gasteiger partial charge in [0.25, 0.3) is 0 Å². The van der Waals surface area contributed by atoms with Crippen molar-refractivity contribution in [1.29, 1.82) is 0 Å². The van der Waals surface area contributed by atoms with Crippen LogP contribution < -0.4 is 0 Å². The Morgan fingerprint density at radius 2 is 1.87 bits per heavy atom. The van der Waals surface area contributed by atoms with Gasteiger partial charge in [-0.15, -0.1) is 0 Å². The van der Waals surface area contributed by atoms with Crippen LogP contribution in [0.3, 0.4) is 0 Å². The molecule has 1 atom stereocenters. The van der Waals surface area contributed by atoms with E-state index in [-0.39, 0.29) is 0 Å². The van der Waals surface area contributed by atoms with Crippen molar-refractivity contribution in [2.24, 2.45) is 0 Å². The lowest BCUT2D eigenvalue weighted by molar-refractivity contribution is 0.209. The number of unbranched alkanes of at least 4 members (excludes halogenated alkanes) is 1. The fourth-order valence-electron chi connectivity index (χ4n) is 0.908. The maximum atomic E-state index is 11.6. The van der Waals surface area contributed by atoms with Gasteiger partial charge < -0.3 is 5.11 Å². The van der Waals surface area contributed by atoms with Gasteiger partial charge in [0.15, 0.2) is 9.84 Å². The summed E-state index contributed by atoms with van der Waals surface area (Å²) in [7, 11) is -3.26. The molecule has 0 spiro atoms. The van der Waals surface area contributed by atoms with Gasteiger partial charge in [-0.05, 0) is 33.3 Å². The van der Waals surface area contributed by atoms with Crippen LogP contribution in [0.5, 0.6) is 0 Å². The van der Waals surface area contributed by atoms with E-state index in [1.54, 1.807) is 20.8 Å². The van der Waals surface area contributed by atoms with Crippen molar-refractivity contribution < 1.29 is 13.5 Å². The Hall–Kier alpha value is -0.350. The van der Waals surface area contributed by atoms with E-state index in [9.17, 15) is 13.5 Å². The minimum absolute atomic E-state index is 0.618. The first-order valence-electron chi connectivity index (χ1n) is 5.31. The molecule has 0 aliphatic heterocycles. The van der Waals surface area contributed by atoms with Crippen LogP contribution in [0.2, 0.25) is 0 Å². The van der Waals surface area contributed by atoms with E-state index in [1.165, 1.54) is 6.08 Å². The molecule has 0 amide bonds. The first-order chi connectivity index (χ1) is 6.70. The highest BCUT2D eigenvalue weighted by atomic mass is 32.2. The van der Waals surface area contributed by atoms with E-state index in [0.29, 0.717) is 6.42 Å². The van der Waals surface area contributed by atoms with Gasteiger partial charge in [-0.1, -0.05) is 19.8 Å². The van der Waals surface area contributed by atoms with E-state index < -0.39 is 20.7 Å². The monoisotopic (exact) mass is 234 g/mol. The normalized spacial score (nSPS) is 15.8. The molecule has 0 aromatic carbocycles. The zero-order chi connectivity index (χ0) is 12.1. The van der Waals surface area contributed by atoms with Crippen molar-refractivity contribution in [2.75, 3.05) is 0 Å². The van der Waals surface area contributed by atoms with E-state index in [2.05, 4.69) is 0 Å². The summed E-state index contributed by atoms with van der Waals surface area (Å²) in [6, 6.07) is 0. The molecule has 3 nitrogen and oxygen atoms in total. The minimum Gasteiger partial charge on any atom is -0.389 e. The zero-order valence-corrected chi connectivity index (χ0v) is 10.8. The summed E-state index contributed by atoms with van der Waals surface area (Å²) >= 11 is 0. The van der Waals surface area contributed by atoms with E-state index in [0.717, 1.165) is 18.2 Å².